The number of anilines is 2. The SMILES string of the molecule is CCc1nnc(NC(=O)c2ccc(NC(=O)OC(C)(C)C)cc2)s1. The van der Waals surface area contributed by atoms with Gasteiger partial charge in [0.05, 0.1) is 0 Å². The number of benzene rings is 1. The van der Waals surface area contributed by atoms with Crippen molar-refractivity contribution in [3.63, 3.8) is 0 Å². The Morgan fingerprint density at radius 1 is 1.12 bits per heavy atom. The Hall–Kier alpha value is -2.48. The Morgan fingerprint density at radius 3 is 2.33 bits per heavy atom. The fourth-order valence-corrected chi connectivity index (χ4v) is 2.42. The number of aromatic nitrogens is 2. The molecule has 1 aromatic carbocycles. The lowest BCUT2D eigenvalue weighted by molar-refractivity contribution is 0.0636. The van der Waals surface area contributed by atoms with E-state index < -0.39 is 11.7 Å². The molecule has 24 heavy (non-hydrogen) atoms. The number of aryl methyl sites for hydroxylation is 1. The molecule has 0 saturated carbocycles. The number of rotatable bonds is 4. The van der Waals surface area contributed by atoms with Crippen LogP contribution in [0.1, 0.15) is 43.1 Å². The molecule has 0 unspecified atom stereocenters. The Morgan fingerprint density at radius 2 is 1.79 bits per heavy atom. The van der Waals surface area contributed by atoms with Crippen LogP contribution in [0.25, 0.3) is 0 Å². The van der Waals surface area contributed by atoms with E-state index in [0.717, 1.165) is 11.4 Å². The first kappa shape index (κ1) is 17.9. The van der Waals surface area contributed by atoms with Crippen LogP contribution < -0.4 is 10.6 Å². The van der Waals surface area contributed by atoms with Crippen molar-refractivity contribution in [3.8, 4) is 0 Å². The summed E-state index contributed by atoms with van der Waals surface area (Å²) in [6.45, 7) is 7.34. The van der Waals surface area contributed by atoms with Crippen LogP contribution in [0.2, 0.25) is 0 Å². The summed E-state index contributed by atoms with van der Waals surface area (Å²) in [6.07, 6.45) is 0.235. The van der Waals surface area contributed by atoms with Gasteiger partial charge in [-0.25, -0.2) is 4.79 Å². The smallest absolute Gasteiger partial charge is 0.412 e. The van der Waals surface area contributed by atoms with Crippen molar-refractivity contribution in [2.45, 2.75) is 39.7 Å². The summed E-state index contributed by atoms with van der Waals surface area (Å²) in [6, 6.07) is 6.50. The van der Waals surface area contributed by atoms with E-state index >= 15 is 0 Å². The van der Waals surface area contributed by atoms with Crippen molar-refractivity contribution in [1.82, 2.24) is 10.2 Å². The molecule has 128 valence electrons. The summed E-state index contributed by atoms with van der Waals surface area (Å²) >= 11 is 1.34. The summed E-state index contributed by atoms with van der Waals surface area (Å²) in [5.41, 5.74) is 0.436. The summed E-state index contributed by atoms with van der Waals surface area (Å²) < 4.78 is 5.17. The van der Waals surface area contributed by atoms with Crippen LogP contribution >= 0.6 is 11.3 Å². The second-order valence-electron chi connectivity index (χ2n) is 6.01. The first-order valence-electron chi connectivity index (χ1n) is 7.50. The van der Waals surface area contributed by atoms with Gasteiger partial charge < -0.3 is 4.74 Å². The quantitative estimate of drug-likeness (QED) is 0.879. The molecule has 0 fully saturated rings. The number of ether oxygens (including phenoxy) is 1. The Balaban J connectivity index is 1.95. The summed E-state index contributed by atoms with van der Waals surface area (Å²) in [5.74, 6) is -0.280. The molecular formula is C16H20N4O3S. The first-order valence-corrected chi connectivity index (χ1v) is 8.32. The molecule has 1 aromatic heterocycles. The van der Waals surface area contributed by atoms with Crippen LogP contribution in [0.5, 0.6) is 0 Å². The minimum Gasteiger partial charge on any atom is -0.444 e. The molecule has 1 heterocycles. The molecule has 2 rings (SSSR count). The second-order valence-corrected chi connectivity index (χ2v) is 7.07. The third-order valence-electron chi connectivity index (χ3n) is 2.78. The molecular weight excluding hydrogens is 328 g/mol. The monoisotopic (exact) mass is 348 g/mol. The molecule has 7 nitrogen and oxygen atoms in total. The van der Waals surface area contributed by atoms with Gasteiger partial charge in [0.25, 0.3) is 5.91 Å². The van der Waals surface area contributed by atoms with Gasteiger partial charge in [0.15, 0.2) is 0 Å². The van der Waals surface area contributed by atoms with Crippen LogP contribution in [0.3, 0.4) is 0 Å². The molecule has 0 aliphatic rings. The van der Waals surface area contributed by atoms with Crippen molar-refractivity contribution < 1.29 is 14.3 Å². The van der Waals surface area contributed by atoms with E-state index in [9.17, 15) is 9.59 Å². The summed E-state index contributed by atoms with van der Waals surface area (Å²) in [7, 11) is 0. The maximum absolute atomic E-state index is 12.1. The summed E-state index contributed by atoms with van der Waals surface area (Å²) in [4.78, 5) is 23.8. The van der Waals surface area contributed by atoms with Gasteiger partial charge >= 0.3 is 6.09 Å². The van der Waals surface area contributed by atoms with E-state index in [1.165, 1.54) is 11.3 Å². The molecule has 2 aromatic rings. The van der Waals surface area contributed by atoms with E-state index in [1.807, 2.05) is 6.92 Å². The number of hydrogen-bond acceptors (Lipinski definition) is 6. The van der Waals surface area contributed by atoms with Gasteiger partial charge in [-0.3, -0.25) is 15.4 Å². The largest absolute Gasteiger partial charge is 0.444 e. The van der Waals surface area contributed by atoms with Gasteiger partial charge in [0.1, 0.15) is 10.6 Å². The van der Waals surface area contributed by atoms with Crippen LogP contribution in [0.4, 0.5) is 15.6 Å². The molecule has 2 amide bonds. The van der Waals surface area contributed by atoms with Gasteiger partial charge in [0, 0.05) is 11.3 Å². The predicted octanol–water partition coefficient (Wildman–Crippen LogP) is 3.70. The first-order chi connectivity index (χ1) is 11.3. The fraction of sp³-hybridized carbons (Fsp3) is 0.375. The van der Waals surface area contributed by atoms with E-state index in [-0.39, 0.29) is 5.91 Å². The van der Waals surface area contributed by atoms with Crippen LogP contribution in [-0.2, 0) is 11.2 Å². The average Bonchev–Trinajstić information content (AvgIpc) is 2.93. The highest BCUT2D eigenvalue weighted by Gasteiger charge is 2.16. The van der Waals surface area contributed by atoms with Crippen LogP contribution in [-0.4, -0.2) is 27.8 Å². The molecule has 0 aliphatic heterocycles. The van der Waals surface area contributed by atoms with Gasteiger partial charge in [-0.05, 0) is 51.5 Å². The molecule has 0 spiro atoms. The number of carbonyl (C=O) groups excluding carboxylic acids is 2. The highest BCUT2D eigenvalue weighted by molar-refractivity contribution is 7.15. The second kappa shape index (κ2) is 7.39. The number of nitrogens with one attached hydrogen (secondary N) is 2. The number of nitrogens with zero attached hydrogens (tertiary/aromatic N) is 2. The zero-order chi connectivity index (χ0) is 17.7. The number of hydrogen-bond donors (Lipinski definition) is 2. The Labute approximate surface area is 144 Å². The lowest BCUT2D eigenvalue weighted by Gasteiger charge is -2.19. The molecule has 2 N–H and O–H groups in total. The predicted molar refractivity (Wildman–Crippen MR) is 93.5 cm³/mol. The van der Waals surface area contributed by atoms with E-state index in [2.05, 4.69) is 20.8 Å². The standard InChI is InChI=1S/C16H20N4O3S/c1-5-12-19-20-14(24-12)18-13(21)10-6-8-11(9-7-10)17-15(22)23-16(2,3)4/h6-9H,5H2,1-4H3,(H,17,22)(H,18,20,21). The van der Waals surface area contributed by atoms with E-state index in [4.69, 9.17) is 4.74 Å². The van der Waals surface area contributed by atoms with Crippen molar-refractivity contribution in [3.05, 3.63) is 34.8 Å². The third kappa shape index (κ3) is 5.31. The molecule has 0 atom stereocenters. The topological polar surface area (TPSA) is 93.2 Å². The lowest BCUT2D eigenvalue weighted by Crippen LogP contribution is -2.27. The van der Waals surface area contributed by atoms with E-state index in [1.54, 1.807) is 45.0 Å². The normalized spacial score (nSPS) is 11.0. The van der Waals surface area contributed by atoms with Gasteiger partial charge in [-0.2, -0.15) is 0 Å². The van der Waals surface area contributed by atoms with Crippen LogP contribution in [0.15, 0.2) is 24.3 Å². The molecule has 0 bridgehead atoms. The number of amides is 2. The Bertz CT molecular complexity index is 720. The molecule has 0 aliphatic carbocycles. The average molecular weight is 348 g/mol. The molecule has 0 saturated heterocycles. The van der Waals surface area contributed by atoms with Gasteiger partial charge in [0.2, 0.25) is 5.13 Å². The highest BCUT2D eigenvalue weighted by atomic mass is 32.1. The lowest BCUT2D eigenvalue weighted by atomic mass is 10.2. The summed E-state index contributed by atoms with van der Waals surface area (Å²) in [5, 5.41) is 14.5. The van der Waals surface area contributed by atoms with Crippen molar-refractivity contribution in [1.29, 1.82) is 0 Å². The molecule has 8 heteroatoms. The maximum Gasteiger partial charge on any atom is 0.412 e. The fourth-order valence-electron chi connectivity index (χ4n) is 1.74. The Kier molecular flexibility index (Phi) is 5.50. The van der Waals surface area contributed by atoms with Crippen molar-refractivity contribution in [2.24, 2.45) is 0 Å². The van der Waals surface area contributed by atoms with Gasteiger partial charge in [-0.15, -0.1) is 10.2 Å². The van der Waals surface area contributed by atoms with Gasteiger partial charge in [-0.1, -0.05) is 18.3 Å². The highest BCUT2D eigenvalue weighted by Crippen LogP contribution is 2.17. The molecule has 0 radical (unpaired) electrons. The minimum atomic E-state index is -0.566. The zero-order valence-electron chi connectivity index (χ0n) is 14.0. The zero-order valence-corrected chi connectivity index (χ0v) is 14.9. The van der Waals surface area contributed by atoms with E-state index in [0.29, 0.717) is 16.4 Å². The number of carbonyl (C=O) groups is 2. The third-order valence-corrected chi connectivity index (χ3v) is 3.77. The van der Waals surface area contributed by atoms with Crippen LogP contribution in [0, 0.1) is 0 Å². The maximum atomic E-state index is 12.1. The van der Waals surface area contributed by atoms with Crippen molar-refractivity contribution >= 4 is 34.2 Å². The van der Waals surface area contributed by atoms with Crippen molar-refractivity contribution in [2.75, 3.05) is 10.6 Å². The minimum absolute atomic E-state index is 0.280.